The average Bonchev–Trinajstić information content (AvgIpc) is 3.13. The lowest BCUT2D eigenvalue weighted by atomic mass is 10.1. The Morgan fingerprint density at radius 2 is 1.51 bits per heavy atom. The Hall–Kier alpha value is -3.72. The fraction of sp³-hybridized carbons (Fsp3) is 0.385. The molecule has 1 saturated heterocycles. The minimum Gasteiger partial charge on any atom is -0.497 e. The fourth-order valence-electron chi connectivity index (χ4n) is 4.72. The topological polar surface area (TPSA) is 107 Å². The van der Waals surface area contributed by atoms with E-state index < -0.39 is 23.8 Å². The summed E-state index contributed by atoms with van der Waals surface area (Å²) in [6.07, 6.45) is -0.180. The summed E-state index contributed by atoms with van der Waals surface area (Å²) < 4.78 is 5.22. The van der Waals surface area contributed by atoms with Gasteiger partial charge in [-0.25, -0.2) is 4.79 Å². The number of amides is 3. The van der Waals surface area contributed by atoms with Crippen molar-refractivity contribution in [3.63, 3.8) is 0 Å². The Labute approximate surface area is 203 Å². The maximum atomic E-state index is 12.9. The lowest BCUT2D eigenvalue weighted by Gasteiger charge is -2.38. The number of hydrogen-bond acceptors (Lipinski definition) is 6. The van der Waals surface area contributed by atoms with Crippen molar-refractivity contribution in [1.29, 1.82) is 0 Å². The largest absolute Gasteiger partial charge is 0.497 e. The Balaban J connectivity index is 1.32. The molecule has 2 atom stereocenters. The molecule has 184 valence electrons. The van der Waals surface area contributed by atoms with Crippen LogP contribution < -0.4 is 4.74 Å². The molecule has 0 spiro atoms. The van der Waals surface area contributed by atoms with Crippen LogP contribution in [0.1, 0.15) is 52.1 Å². The van der Waals surface area contributed by atoms with Crippen LogP contribution in [0.15, 0.2) is 48.5 Å². The van der Waals surface area contributed by atoms with Gasteiger partial charge in [-0.1, -0.05) is 24.3 Å². The zero-order valence-electron chi connectivity index (χ0n) is 19.8. The minimum atomic E-state index is -1.39. The number of carbonyl (C=O) groups excluding carboxylic acids is 3. The summed E-state index contributed by atoms with van der Waals surface area (Å²) >= 11 is 0. The zero-order valence-corrected chi connectivity index (χ0v) is 19.8. The van der Waals surface area contributed by atoms with Crippen LogP contribution in [0.5, 0.6) is 5.75 Å². The first-order valence-electron chi connectivity index (χ1n) is 11.7. The van der Waals surface area contributed by atoms with Gasteiger partial charge in [0.15, 0.2) is 0 Å². The summed E-state index contributed by atoms with van der Waals surface area (Å²) in [5.41, 5.74) is 1.55. The SMILES string of the molecule is COc1ccc(C(C)N2CCN(C(=O)CC[C@@H](C(=O)O)N3C(=O)c4ccccc4C3=O)CC2)cc1. The molecule has 9 nitrogen and oxygen atoms in total. The lowest BCUT2D eigenvalue weighted by molar-refractivity contribution is -0.142. The second-order valence-corrected chi connectivity index (χ2v) is 8.78. The normalized spacial score (nSPS) is 17.8. The molecule has 0 aliphatic carbocycles. The number of piperazine rings is 1. The maximum Gasteiger partial charge on any atom is 0.326 e. The Kier molecular flexibility index (Phi) is 7.16. The highest BCUT2D eigenvalue weighted by atomic mass is 16.5. The van der Waals surface area contributed by atoms with E-state index in [4.69, 9.17) is 4.74 Å². The van der Waals surface area contributed by atoms with E-state index in [0.29, 0.717) is 26.2 Å². The number of carboxylic acids is 1. The average molecular weight is 480 g/mol. The molecule has 1 unspecified atom stereocenters. The van der Waals surface area contributed by atoms with Crippen LogP contribution >= 0.6 is 0 Å². The number of carboxylic acid groups (broad SMARTS) is 1. The van der Waals surface area contributed by atoms with Gasteiger partial charge in [-0.3, -0.25) is 24.2 Å². The second kappa shape index (κ2) is 10.3. The molecule has 1 fully saturated rings. The number of nitrogens with zero attached hydrogens (tertiary/aromatic N) is 3. The van der Waals surface area contributed by atoms with Crippen molar-refractivity contribution >= 4 is 23.7 Å². The molecular weight excluding hydrogens is 450 g/mol. The van der Waals surface area contributed by atoms with E-state index in [2.05, 4.69) is 11.8 Å². The van der Waals surface area contributed by atoms with Gasteiger partial charge in [0.2, 0.25) is 5.91 Å². The smallest absolute Gasteiger partial charge is 0.326 e. The zero-order chi connectivity index (χ0) is 25.1. The summed E-state index contributed by atoms with van der Waals surface area (Å²) in [7, 11) is 1.63. The number of methoxy groups -OCH3 is 1. The number of hydrogen-bond donors (Lipinski definition) is 1. The molecule has 2 heterocycles. The summed E-state index contributed by atoms with van der Waals surface area (Å²) in [5.74, 6) is -1.94. The quantitative estimate of drug-likeness (QED) is 0.580. The summed E-state index contributed by atoms with van der Waals surface area (Å²) in [6, 6.07) is 13.0. The molecule has 3 amide bonds. The van der Waals surface area contributed by atoms with Crippen molar-refractivity contribution in [2.75, 3.05) is 33.3 Å². The molecule has 2 aromatic carbocycles. The molecule has 0 aromatic heterocycles. The molecule has 2 aromatic rings. The van der Waals surface area contributed by atoms with Crippen molar-refractivity contribution in [3.8, 4) is 5.75 Å². The van der Waals surface area contributed by atoms with Crippen LogP contribution in [0.2, 0.25) is 0 Å². The first kappa shape index (κ1) is 24.4. The Morgan fingerprint density at radius 1 is 0.943 bits per heavy atom. The summed E-state index contributed by atoms with van der Waals surface area (Å²) in [5, 5.41) is 9.72. The third-order valence-corrected chi connectivity index (χ3v) is 6.87. The van der Waals surface area contributed by atoms with E-state index >= 15 is 0 Å². The fourth-order valence-corrected chi connectivity index (χ4v) is 4.72. The van der Waals surface area contributed by atoms with Gasteiger partial charge in [0.05, 0.1) is 18.2 Å². The monoisotopic (exact) mass is 479 g/mol. The van der Waals surface area contributed by atoms with Gasteiger partial charge in [-0.2, -0.15) is 0 Å². The minimum absolute atomic E-state index is 0.0571. The van der Waals surface area contributed by atoms with Crippen molar-refractivity contribution in [2.24, 2.45) is 0 Å². The van der Waals surface area contributed by atoms with Gasteiger partial charge >= 0.3 is 5.97 Å². The molecule has 0 radical (unpaired) electrons. The van der Waals surface area contributed by atoms with E-state index in [-0.39, 0.29) is 35.9 Å². The van der Waals surface area contributed by atoms with Gasteiger partial charge in [-0.15, -0.1) is 0 Å². The van der Waals surface area contributed by atoms with Crippen molar-refractivity contribution < 1.29 is 29.0 Å². The van der Waals surface area contributed by atoms with Gasteiger partial charge in [0.1, 0.15) is 11.8 Å². The third kappa shape index (κ3) is 4.90. The molecule has 35 heavy (non-hydrogen) atoms. The second-order valence-electron chi connectivity index (χ2n) is 8.78. The van der Waals surface area contributed by atoms with Gasteiger partial charge < -0.3 is 14.7 Å². The molecule has 4 rings (SSSR count). The third-order valence-electron chi connectivity index (χ3n) is 6.87. The van der Waals surface area contributed by atoms with Crippen LogP contribution in [0.4, 0.5) is 0 Å². The number of rotatable bonds is 8. The Morgan fingerprint density at radius 3 is 2.03 bits per heavy atom. The van der Waals surface area contributed by atoms with Crippen LogP contribution in [0.3, 0.4) is 0 Å². The first-order valence-corrected chi connectivity index (χ1v) is 11.7. The van der Waals surface area contributed by atoms with E-state index in [1.54, 1.807) is 24.1 Å². The molecule has 0 bridgehead atoms. The highest BCUT2D eigenvalue weighted by Crippen LogP contribution is 2.27. The van der Waals surface area contributed by atoms with Crippen LogP contribution in [-0.4, -0.2) is 82.8 Å². The molecule has 9 heteroatoms. The van der Waals surface area contributed by atoms with Crippen LogP contribution in [-0.2, 0) is 9.59 Å². The summed E-state index contributed by atoms with van der Waals surface area (Å²) in [4.78, 5) is 54.9. The molecule has 1 N–H and O–H groups in total. The standard InChI is InChI=1S/C26H29N3O6/c1-17(18-7-9-19(35-2)10-8-18)27-13-15-28(16-14-27)23(30)12-11-22(26(33)34)29-24(31)20-5-3-4-6-21(20)25(29)32/h3-10,17,22H,11-16H2,1-2H3,(H,33,34)/t17?,22-/m0/s1. The summed E-state index contributed by atoms with van der Waals surface area (Å²) in [6.45, 7) is 4.58. The predicted molar refractivity (Wildman–Crippen MR) is 127 cm³/mol. The number of fused-ring (bicyclic) bond motifs is 1. The lowest BCUT2D eigenvalue weighted by Crippen LogP contribution is -2.50. The highest BCUT2D eigenvalue weighted by molar-refractivity contribution is 6.22. The number of carbonyl (C=O) groups is 4. The van der Waals surface area contributed by atoms with Gasteiger partial charge in [0, 0.05) is 38.6 Å². The van der Waals surface area contributed by atoms with E-state index in [1.807, 2.05) is 24.3 Å². The molecule has 0 saturated carbocycles. The van der Waals surface area contributed by atoms with Crippen molar-refractivity contribution in [2.45, 2.75) is 31.8 Å². The van der Waals surface area contributed by atoms with E-state index in [1.165, 1.54) is 12.1 Å². The van der Waals surface area contributed by atoms with Gasteiger partial charge in [0.25, 0.3) is 11.8 Å². The van der Waals surface area contributed by atoms with Gasteiger partial charge in [-0.05, 0) is 43.2 Å². The number of imide groups is 1. The van der Waals surface area contributed by atoms with E-state index in [0.717, 1.165) is 16.2 Å². The predicted octanol–water partition coefficient (Wildman–Crippen LogP) is 2.43. The Bertz CT molecular complexity index is 1090. The molecule has 2 aliphatic rings. The first-order chi connectivity index (χ1) is 16.8. The molecular formula is C26H29N3O6. The molecule has 2 aliphatic heterocycles. The van der Waals surface area contributed by atoms with Crippen LogP contribution in [0, 0.1) is 0 Å². The number of ether oxygens (including phenoxy) is 1. The van der Waals surface area contributed by atoms with Crippen LogP contribution in [0.25, 0.3) is 0 Å². The highest BCUT2D eigenvalue weighted by Gasteiger charge is 2.43. The number of benzene rings is 2. The number of aliphatic carboxylic acids is 1. The maximum absolute atomic E-state index is 12.9. The van der Waals surface area contributed by atoms with Crippen molar-refractivity contribution in [3.05, 3.63) is 65.2 Å². The van der Waals surface area contributed by atoms with E-state index in [9.17, 15) is 24.3 Å². The van der Waals surface area contributed by atoms with Crippen molar-refractivity contribution in [1.82, 2.24) is 14.7 Å².